The summed E-state index contributed by atoms with van der Waals surface area (Å²) in [6, 6.07) is 180. The zero-order valence-electron chi connectivity index (χ0n) is 74.8. The van der Waals surface area contributed by atoms with Gasteiger partial charge in [-0.3, -0.25) is 0 Å². The largest absolute Gasteiger partial charge is 0.309 e. The maximum Gasteiger partial charge on any atom is 0.164 e. The van der Waals surface area contributed by atoms with Crippen LogP contribution in [0.3, 0.4) is 0 Å². The normalized spacial score (nSPS) is 11.9. The van der Waals surface area contributed by atoms with Crippen molar-refractivity contribution in [2.24, 2.45) is 0 Å². The molecule has 138 heavy (non-hydrogen) atoms. The summed E-state index contributed by atoms with van der Waals surface area (Å²) in [5.41, 5.74) is 36.1. The van der Waals surface area contributed by atoms with Crippen LogP contribution in [0.15, 0.2) is 491 Å². The quantitative estimate of drug-likeness (QED) is 0.103. The molecule has 21 aromatic carbocycles. The Labute approximate surface area is 794 Å². The van der Waals surface area contributed by atoms with Crippen LogP contribution in [0, 0.1) is 0 Å². The van der Waals surface area contributed by atoms with Crippen LogP contribution in [0.25, 0.3) is 266 Å². The Morgan fingerprint density at radius 1 is 0.101 bits per heavy atom. The number of hydrogen-bond donors (Lipinski definition) is 0. The Morgan fingerprint density at radius 3 is 0.457 bits per heavy atom. The minimum atomic E-state index is 0.551. The Morgan fingerprint density at radius 2 is 0.268 bits per heavy atom. The molecule has 0 unspecified atom stereocenters. The number of rotatable bonds is 15. The van der Waals surface area contributed by atoms with E-state index in [0.717, 1.165) is 184 Å². The first kappa shape index (κ1) is 78.1. The van der Waals surface area contributed by atoms with Crippen molar-refractivity contribution >= 4 is 131 Å². The summed E-state index contributed by atoms with van der Waals surface area (Å²) in [5, 5.41) is 14.2. The highest BCUT2D eigenvalue weighted by Crippen LogP contribution is 2.48. The summed E-state index contributed by atoms with van der Waals surface area (Å²) in [4.78, 5) is 16.7. The van der Waals surface area contributed by atoms with Gasteiger partial charge in [-0.05, 0) is 267 Å². The molecule has 0 saturated carbocycles. The van der Waals surface area contributed by atoms with Gasteiger partial charge < -0.3 is 27.4 Å². The van der Waals surface area contributed by atoms with E-state index in [4.69, 9.17) is 15.0 Å². The summed E-state index contributed by atoms with van der Waals surface area (Å²) in [7, 11) is 0. The lowest BCUT2D eigenvalue weighted by molar-refractivity contribution is 1.07. The first-order valence-corrected chi connectivity index (χ1v) is 47.2. The lowest BCUT2D eigenvalue weighted by Crippen LogP contribution is -2.01. The van der Waals surface area contributed by atoms with Crippen LogP contribution in [0.1, 0.15) is 0 Å². The van der Waals surface area contributed by atoms with Gasteiger partial charge in [-0.1, -0.05) is 291 Å². The third-order valence-electron chi connectivity index (χ3n) is 28.4. The molecule has 9 nitrogen and oxygen atoms in total. The van der Waals surface area contributed by atoms with Crippen molar-refractivity contribution in [3.05, 3.63) is 491 Å². The monoisotopic (exact) mass is 1760 g/mol. The molecule has 28 rings (SSSR count). The Hall–Kier alpha value is -18.6. The zero-order valence-corrected chi connectivity index (χ0v) is 74.8. The average Bonchev–Trinajstić information content (AvgIpc) is 1.56. The Bertz CT molecular complexity index is 8690. The molecule has 7 aromatic heterocycles. The van der Waals surface area contributed by atoms with E-state index in [0.29, 0.717) is 17.5 Å². The molecule has 0 saturated heterocycles. The molecular formula is C129H81N9. The van der Waals surface area contributed by atoms with Crippen molar-refractivity contribution < 1.29 is 0 Å². The molecule has 28 aromatic rings. The molecule has 0 fully saturated rings. The van der Waals surface area contributed by atoms with Crippen LogP contribution in [-0.2, 0) is 0 Å². The van der Waals surface area contributed by atoms with E-state index in [-0.39, 0.29) is 0 Å². The smallest absolute Gasteiger partial charge is 0.164 e. The molecule has 0 spiro atoms. The van der Waals surface area contributed by atoms with Crippen LogP contribution in [0.5, 0.6) is 0 Å². The van der Waals surface area contributed by atoms with Crippen LogP contribution < -0.4 is 0 Å². The van der Waals surface area contributed by atoms with E-state index in [9.17, 15) is 0 Å². The number of nitrogens with zero attached hydrogens (tertiary/aromatic N) is 9. The van der Waals surface area contributed by atoms with Crippen molar-refractivity contribution in [1.82, 2.24) is 42.4 Å². The highest BCUT2D eigenvalue weighted by Gasteiger charge is 2.27. The van der Waals surface area contributed by atoms with Crippen LogP contribution in [-0.4, -0.2) is 42.4 Å². The van der Waals surface area contributed by atoms with Crippen molar-refractivity contribution in [2.45, 2.75) is 0 Å². The fourth-order valence-electron chi connectivity index (χ4n) is 22.0. The van der Waals surface area contributed by atoms with Gasteiger partial charge in [0.05, 0.1) is 66.2 Å². The van der Waals surface area contributed by atoms with Crippen LogP contribution in [0.2, 0.25) is 0 Å². The first-order chi connectivity index (χ1) is 68.4. The van der Waals surface area contributed by atoms with Gasteiger partial charge in [-0.25, -0.2) is 15.0 Å². The summed E-state index contributed by atoms with van der Waals surface area (Å²) in [6.07, 6.45) is 0. The third kappa shape index (κ3) is 12.7. The number of benzene rings is 21. The van der Waals surface area contributed by atoms with Gasteiger partial charge in [0.15, 0.2) is 17.5 Å². The topological polar surface area (TPSA) is 68.2 Å². The second kappa shape index (κ2) is 31.6. The molecule has 7 heterocycles. The summed E-state index contributed by atoms with van der Waals surface area (Å²) in [6.45, 7) is 0. The molecular weight excluding hydrogens is 1680 g/mol. The van der Waals surface area contributed by atoms with E-state index in [2.05, 4.69) is 519 Å². The maximum atomic E-state index is 5.56. The Kier molecular flexibility index (Phi) is 17.9. The molecule has 0 aliphatic carbocycles. The average molecular weight is 1760 g/mol. The summed E-state index contributed by atoms with van der Waals surface area (Å²) >= 11 is 0. The van der Waals surface area contributed by atoms with Gasteiger partial charge in [-0.15, -0.1) is 0 Å². The predicted molar refractivity (Wildman–Crippen MR) is 575 cm³/mol. The highest BCUT2D eigenvalue weighted by molar-refractivity contribution is 6.23. The molecule has 0 N–H and O–H groups in total. The number of aromatic nitrogens is 9. The zero-order chi connectivity index (χ0) is 90.6. The minimum absolute atomic E-state index is 0.551. The van der Waals surface area contributed by atoms with Crippen molar-refractivity contribution in [3.8, 4) is 135 Å². The molecule has 0 radical (unpaired) electrons. The van der Waals surface area contributed by atoms with Gasteiger partial charge in [-0.2, -0.15) is 0 Å². The Balaban J connectivity index is 0.602. The van der Waals surface area contributed by atoms with E-state index >= 15 is 0 Å². The van der Waals surface area contributed by atoms with E-state index in [1.807, 2.05) is 0 Å². The lowest BCUT2D eigenvalue weighted by atomic mass is 9.98. The van der Waals surface area contributed by atoms with E-state index < -0.39 is 0 Å². The van der Waals surface area contributed by atoms with Crippen molar-refractivity contribution in [2.75, 3.05) is 0 Å². The molecule has 642 valence electrons. The highest BCUT2D eigenvalue weighted by atomic mass is 15.1. The van der Waals surface area contributed by atoms with Crippen LogP contribution in [0.4, 0.5) is 0 Å². The van der Waals surface area contributed by atoms with E-state index in [1.165, 1.54) is 64.6 Å². The number of para-hydroxylation sites is 6. The first-order valence-electron chi connectivity index (χ1n) is 47.2. The molecule has 9 heteroatoms. The standard InChI is InChI=1S/C129H81N9/c1-7-31-82(32-8-1)91-67-92(83-33-9-2-10-34-83)71-100(70-91)136-118-52-28-22-46-106(118)112-76-109-103-43-19-25-49-115(103)133(121(109)79-124(112)136)97-61-55-88(56-62-97)127-130-128(89-57-63-98(64-58-89)134-116-50-26-20-44-104(116)110-77-113-107-47-23-29-53-119(107)137(125(113)80-122(110)134)101-72-93(84-35-11-3-12-36-84)68-94(73-101)85-37-13-4-14-38-85)132-129(131-127)90-59-65-99(66-60-90)135-117-51-27-21-45-105(117)111-78-114-108-48-24-30-54-120(108)138(126(114)81-123(111)135)102-74-95(86-39-15-5-16-40-86)69-96(75-102)87-41-17-6-18-42-87/h1-81H. The van der Waals surface area contributed by atoms with Crippen molar-refractivity contribution in [3.63, 3.8) is 0 Å². The van der Waals surface area contributed by atoms with Gasteiger partial charge in [0.1, 0.15) is 0 Å². The number of hydrogen-bond acceptors (Lipinski definition) is 3. The van der Waals surface area contributed by atoms with Crippen molar-refractivity contribution in [1.29, 1.82) is 0 Å². The predicted octanol–water partition coefficient (Wildman–Crippen LogP) is 33.5. The van der Waals surface area contributed by atoms with Crippen LogP contribution >= 0.6 is 0 Å². The van der Waals surface area contributed by atoms with Gasteiger partial charge in [0.2, 0.25) is 0 Å². The van der Waals surface area contributed by atoms with Gasteiger partial charge in [0.25, 0.3) is 0 Å². The summed E-state index contributed by atoms with van der Waals surface area (Å²) < 4.78 is 14.7. The molecule has 0 bridgehead atoms. The van der Waals surface area contributed by atoms with E-state index in [1.54, 1.807) is 0 Å². The molecule has 0 aliphatic heterocycles. The summed E-state index contributed by atoms with van der Waals surface area (Å²) in [5.74, 6) is 1.65. The van der Waals surface area contributed by atoms with Gasteiger partial charge >= 0.3 is 0 Å². The lowest BCUT2D eigenvalue weighted by Gasteiger charge is -2.15. The van der Waals surface area contributed by atoms with Gasteiger partial charge in [0, 0.05) is 115 Å². The second-order valence-electron chi connectivity index (χ2n) is 36.2. The third-order valence-corrected chi connectivity index (χ3v) is 28.4. The molecule has 0 amide bonds. The SMILES string of the molecule is c1ccc(-c2cc(-c3ccccc3)cc(-n3c4ccccc4c4cc5c6ccccc6n(-c6ccc(-c7nc(-c8ccc(-n9c%10ccccc%10c%10cc%11c%12ccccc%12n(-c%12cc(-c%13ccccc%13)cc(-c%13ccccc%13)c%12)c%11cc%109)cc8)nc(-c8ccc(-n9c%10ccccc%10c%10cc%11c%12ccccc%12n(-c%12cc(-c%13ccccc%13)cc(-c%13ccccc%13)c%12)c%11cc%109)cc8)n7)cc6)c5cc43)c2)cc1. The molecule has 0 atom stereocenters. The second-order valence-corrected chi connectivity index (χ2v) is 36.2. The number of fused-ring (bicyclic) bond motifs is 18. The fraction of sp³-hybridized carbons (Fsp3) is 0. The maximum absolute atomic E-state index is 5.56. The molecule has 0 aliphatic rings. The fourth-order valence-corrected chi connectivity index (χ4v) is 22.0. The minimum Gasteiger partial charge on any atom is -0.309 e.